The second-order valence-electron chi connectivity index (χ2n) is 6.08. The average molecular weight is 453 g/mol. The Kier molecular flexibility index (Phi) is 6.43. The van der Waals surface area contributed by atoms with Crippen molar-refractivity contribution in [2.75, 3.05) is 7.05 Å². The topological polar surface area (TPSA) is 153 Å². The predicted molar refractivity (Wildman–Crippen MR) is 111 cm³/mol. The molecule has 0 aliphatic carbocycles. The highest BCUT2D eigenvalue weighted by Gasteiger charge is 2.24. The number of nitro benzene ring substituents is 1. The Bertz CT molecular complexity index is 1270. The first-order valence-electron chi connectivity index (χ1n) is 8.16. The molecular weight excluding hydrogens is 436 g/mol. The fourth-order valence-electron chi connectivity index (χ4n) is 2.57. The molecule has 2 aromatic heterocycles. The summed E-state index contributed by atoms with van der Waals surface area (Å²) in [4.78, 5) is 25.6. The van der Waals surface area contributed by atoms with Gasteiger partial charge in [-0.3, -0.25) is 19.3 Å². The molecule has 0 aliphatic heterocycles. The van der Waals surface area contributed by atoms with Gasteiger partial charge in [-0.1, -0.05) is 6.07 Å². The Labute approximate surface area is 177 Å². The van der Waals surface area contributed by atoms with Crippen molar-refractivity contribution in [3.8, 4) is 0 Å². The van der Waals surface area contributed by atoms with Gasteiger partial charge in [-0.15, -0.1) is 12.4 Å². The number of carbonyl (C=O) groups is 1. The van der Waals surface area contributed by atoms with E-state index in [1.807, 2.05) is 0 Å². The molecule has 1 amide bonds. The summed E-state index contributed by atoms with van der Waals surface area (Å²) in [6.07, 6.45) is 4.16. The van der Waals surface area contributed by atoms with Crippen molar-refractivity contribution in [1.82, 2.24) is 13.8 Å². The van der Waals surface area contributed by atoms with Gasteiger partial charge in [0.1, 0.15) is 5.65 Å². The summed E-state index contributed by atoms with van der Waals surface area (Å²) < 4.78 is 27.8. The van der Waals surface area contributed by atoms with Gasteiger partial charge in [0, 0.05) is 25.4 Å². The maximum atomic E-state index is 12.8. The number of nitrogens with zero attached hydrogens (tertiary/aromatic N) is 5. The molecule has 0 radical (unpaired) electrons. The maximum absolute atomic E-state index is 12.8. The minimum atomic E-state index is -4.13. The van der Waals surface area contributed by atoms with Gasteiger partial charge in [0.15, 0.2) is 0 Å². The van der Waals surface area contributed by atoms with Gasteiger partial charge >= 0.3 is 0 Å². The molecule has 0 unspecified atom stereocenters. The highest BCUT2D eigenvalue weighted by atomic mass is 35.5. The SMILES string of the molecule is Cc1ccc([N+](=O)[O-])cc1S(=O)(=O)N(C)/N=C/c1cnc2ccc(C(N)=O)cn12.Cl. The van der Waals surface area contributed by atoms with Gasteiger partial charge in [0.2, 0.25) is 5.91 Å². The van der Waals surface area contributed by atoms with E-state index in [-0.39, 0.29) is 28.6 Å². The first-order valence-corrected chi connectivity index (χ1v) is 9.60. The first kappa shape index (κ1) is 22.8. The van der Waals surface area contributed by atoms with E-state index in [9.17, 15) is 23.3 Å². The molecule has 0 fully saturated rings. The Balaban J connectivity index is 0.00000320. The molecule has 1 aromatic carbocycles. The van der Waals surface area contributed by atoms with E-state index in [2.05, 4.69) is 10.1 Å². The fraction of sp³-hybridized carbons (Fsp3) is 0.118. The largest absolute Gasteiger partial charge is 0.366 e. The molecule has 0 saturated heterocycles. The predicted octanol–water partition coefficient (Wildman–Crippen LogP) is 1.73. The molecule has 11 nitrogen and oxygen atoms in total. The number of aromatic nitrogens is 2. The number of halogens is 1. The number of hydrazone groups is 1. The lowest BCUT2D eigenvalue weighted by Gasteiger charge is -2.15. The number of imidazole rings is 1. The van der Waals surface area contributed by atoms with Crippen molar-refractivity contribution in [2.24, 2.45) is 10.8 Å². The van der Waals surface area contributed by atoms with Gasteiger partial charge in [0.05, 0.1) is 33.5 Å². The van der Waals surface area contributed by atoms with Crippen LogP contribution in [0.15, 0.2) is 52.7 Å². The van der Waals surface area contributed by atoms with E-state index in [0.717, 1.165) is 6.07 Å². The second-order valence-corrected chi connectivity index (χ2v) is 8.00. The molecule has 30 heavy (non-hydrogen) atoms. The van der Waals surface area contributed by atoms with E-state index in [0.29, 0.717) is 21.3 Å². The molecule has 2 N–H and O–H groups in total. The van der Waals surface area contributed by atoms with Gasteiger partial charge in [-0.25, -0.2) is 4.98 Å². The highest BCUT2D eigenvalue weighted by Crippen LogP contribution is 2.24. The normalized spacial score (nSPS) is 11.4. The standard InChI is InChI=1S/C17H16N6O5S.ClH/c1-11-3-5-13(23(25)26)7-15(11)29(27,28)21(2)20-9-14-8-19-16-6-4-12(17(18)24)10-22(14)16;/h3-10H,1-2H3,(H2,18,24);1H/b20-9+;. The van der Waals surface area contributed by atoms with Crippen LogP contribution in [0.5, 0.6) is 0 Å². The zero-order valence-corrected chi connectivity index (χ0v) is 17.4. The molecule has 3 rings (SSSR count). The number of hydrogen-bond acceptors (Lipinski definition) is 7. The number of hydrogen-bond donors (Lipinski definition) is 1. The smallest absolute Gasteiger partial charge is 0.279 e. The first-order chi connectivity index (χ1) is 13.6. The number of primary amides is 1. The van der Waals surface area contributed by atoms with Gasteiger partial charge < -0.3 is 5.73 Å². The van der Waals surface area contributed by atoms with Crippen LogP contribution >= 0.6 is 12.4 Å². The van der Waals surface area contributed by atoms with Crippen molar-refractivity contribution < 1.29 is 18.1 Å². The third-order valence-electron chi connectivity index (χ3n) is 4.18. The molecular formula is C17H17ClN6O5S. The van der Waals surface area contributed by atoms with Gasteiger partial charge in [-0.05, 0) is 24.6 Å². The number of sulfonamides is 1. The number of non-ortho nitro benzene ring substituents is 1. The number of fused-ring (bicyclic) bond motifs is 1. The van der Waals surface area contributed by atoms with Crippen LogP contribution in [0.2, 0.25) is 0 Å². The number of nitrogens with two attached hydrogens (primary N) is 1. The number of pyridine rings is 1. The van der Waals surface area contributed by atoms with Crippen LogP contribution < -0.4 is 5.73 Å². The lowest BCUT2D eigenvalue weighted by molar-refractivity contribution is -0.385. The quantitative estimate of drug-likeness (QED) is 0.341. The summed E-state index contributed by atoms with van der Waals surface area (Å²) in [6.45, 7) is 1.53. The molecule has 3 aromatic rings. The number of rotatable bonds is 6. The zero-order valence-electron chi connectivity index (χ0n) is 15.8. The van der Waals surface area contributed by atoms with E-state index >= 15 is 0 Å². The molecule has 0 bridgehead atoms. The fourth-order valence-corrected chi connectivity index (χ4v) is 3.77. The van der Waals surface area contributed by atoms with E-state index < -0.39 is 20.9 Å². The van der Waals surface area contributed by atoms with E-state index in [4.69, 9.17) is 5.73 Å². The summed E-state index contributed by atoms with van der Waals surface area (Å²) in [5.41, 5.74) is 6.44. The Morgan fingerprint density at radius 1 is 1.33 bits per heavy atom. The summed E-state index contributed by atoms with van der Waals surface area (Å²) in [6, 6.07) is 6.69. The average Bonchev–Trinajstić information content (AvgIpc) is 3.08. The number of carbonyl (C=O) groups excluding carboxylic acids is 1. The number of amides is 1. The van der Waals surface area contributed by atoms with Crippen LogP contribution in [-0.2, 0) is 10.0 Å². The molecule has 0 saturated carbocycles. The summed E-state index contributed by atoms with van der Waals surface area (Å²) >= 11 is 0. The summed E-state index contributed by atoms with van der Waals surface area (Å²) in [7, 11) is -2.92. The Hall–Kier alpha value is -3.51. The van der Waals surface area contributed by atoms with Crippen LogP contribution in [-0.4, -0.2) is 46.3 Å². The van der Waals surface area contributed by atoms with Gasteiger partial charge in [-0.2, -0.15) is 17.9 Å². The number of benzene rings is 1. The van der Waals surface area contributed by atoms with E-state index in [1.54, 1.807) is 6.07 Å². The van der Waals surface area contributed by atoms with Crippen molar-refractivity contribution in [1.29, 1.82) is 0 Å². The molecule has 0 aliphatic rings. The van der Waals surface area contributed by atoms with Crippen LogP contribution in [0.3, 0.4) is 0 Å². The molecule has 0 spiro atoms. The monoisotopic (exact) mass is 452 g/mol. The van der Waals surface area contributed by atoms with Gasteiger partial charge in [0.25, 0.3) is 15.7 Å². The molecule has 158 valence electrons. The van der Waals surface area contributed by atoms with Crippen molar-refractivity contribution in [3.05, 3.63) is 69.7 Å². The third-order valence-corrected chi connectivity index (χ3v) is 5.97. The molecule has 2 heterocycles. The number of aryl methyl sites for hydroxylation is 1. The Morgan fingerprint density at radius 3 is 2.67 bits per heavy atom. The highest BCUT2D eigenvalue weighted by molar-refractivity contribution is 7.89. The number of nitro groups is 1. The minimum absolute atomic E-state index is 0. The minimum Gasteiger partial charge on any atom is -0.366 e. The van der Waals surface area contributed by atoms with Crippen molar-refractivity contribution >= 4 is 45.9 Å². The van der Waals surface area contributed by atoms with Crippen LogP contribution in [0.25, 0.3) is 5.65 Å². The second kappa shape index (κ2) is 8.47. The van der Waals surface area contributed by atoms with Crippen LogP contribution in [0.1, 0.15) is 21.6 Å². The third kappa shape index (κ3) is 4.23. The Morgan fingerprint density at radius 2 is 2.03 bits per heavy atom. The lowest BCUT2D eigenvalue weighted by Crippen LogP contribution is -2.23. The molecule has 13 heteroatoms. The molecule has 0 atom stereocenters. The van der Waals surface area contributed by atoms with Crippen LogP contribution in [0.4, 0.5) is 5.69 Å². The van der Waals surface area contributed by atoms with Crippen molar-refractivity contribution in [2.45, 2.75) is 11.8 Å². The van der Waals surface area contributed by atoms with Crippen molar-refractivity contribution in [3.63, 3.8) is 0 Å². The van der Waals surface area contributed by atoms with Crippen LogP contribution in [0, 0.1) is 17.0 Å². The summed E-state index contributed by atoms with van der Waals surface area (Å²) in [5.74, 6) is -0.621. The summed E-state index contributed by atoms with van der Waals surface area (Å²) in [5, 5.41) is 14.9. The maximum Gasteiger partial charge on any atom is 0.279 e. The zero-order chi connectivity index (χ0) is 21.3. The van der Waals surface area contributed by atoms with E-state index in [1.165, 1.54) is 55.2 Å². The lowest BCUT2D eigenvalue weighted by atomic mass is 10.2.